The van der Waals surface area contributed by atoms with E-state index in [9.17, 15) is 4.79 Å². The Morgan fingerprint density at radius 3 is 2.68 bits per heavy atom. The number of halogens is 1. The Morgan fingerprint density at radius 1 is 1.14 bits per heavy atom. The Hall–Kier alpha value is -1.59. The molecule has 0 bridgehead atoms. The standard InChI is InChI=1S/C17H19BrN2O2/c18-14-6-2-3-7-15(14)19-17(21)16-9-8-13(22-16)12-20-10-4-1-5-11-20/h2-3,6-9H,1,4-5,10-12H2,(H,19,21). The van der Waals surface area contributed by atoms with Crippen LogP contribution in [-0.2, 0) is 6.54 Å². The number of carbonyl (C=O) groups is 1. The van der Waals surface area contributed by atoms with Crippen LogP contribution in [0, 0.1) is 0 Å². The number of nitrogens with one attached hydrogen (secondary N) is 1. The summed E-state index contributed by atoms with van der Waals surface area (Å²) < 4.78 is 6.54. The van der Waals surface area contributed by atoms with Gasteiger partial charge >= 0.3 is 0 Å². The summed E-state index contributed by atoms with van der Waals surface area (Å²) >= 11 is 3.42. The average molecular weight is 363 g/mol. The summed E-state index contributed by atoms with van der Waals surface area (Å²) in [4.78, 5) is 14.6. The van der Waals surface area contributed by atoms with E-state index in [1.54, 1.807) is 6.07 Å². The molecule has 0 radical (unpaired) electrons. The average Bonchev–Trinajstić information content (AvgIpc) is 2.99. The normalized spacial score (nSPS) is 15.7. The van der Waals surface area contributed by atoms with Crippen LogP contribution in [0.2, 0.25) is 0 Å². The molecule has 3 rings (SSSR count). The first-order chi connectivity index (χ1) is 10.7. The van der Waals surface area contributed by atoms with Crippen LogP contribution in [-0.4, -0.2) is 23.9 Å². The maximum Gasteiger partial charge on any atom is 0.291 e. The van der Waals surface area contributed by atoms with Crippen molar-refractivity contribution in [2.24, 2.45) is 0 Å². The van der Waals surface area contributed by atoms with Crippen LogP contribution in [0.1, 0.15) is 35.6 Å². The predicted molar refractivity (Wildman–Crippen MR) is 89.9 cm³/mol. The molecule has 1 N–H and O–H groups in total. The van der Waals surface area contributed by atoms with Crippen LogP contribution >= 0.6 is 15.9 Å². The molecule has 2 heterocycles. The second-order valence-electron chi connectivity index (χ2n) is 5.54. The molecule has 1 amide bonds. The van der Waals surface area contributed by atoms with Crippen molar-refractivity contribution in [3.05, 3.63) is 52.4 Å². The van der Waals surface area contributed by atoms with Crippen molar-refractivity contribution < 1.29 is 9.21 Å². The Morgan fingerprint density at radius 2 is 1.91 bits per heavy atom. The molecule has 116 valence electrons. The monoisotopic (exact) mass is 362 g/mol. The van der Waals surface area contributed by atoms with Gasteiger partial charge in [-0.1, -0.05) is 18.6 Å². The molecule has 4 nitrogen and oxygen atoms in total. The summed E-state index contributed by atoms with van der Waals surface area (Å²) in [5.41, 5.74) is 0.737. The second-order valence-corrected chi connectivity index (χ2v) is 6.39. The van der Waals surface area contributed by atoms with E-state index in [2.05, 4.69) is 26.1 Å². The van der Waals surface area contributed by atoms with Crippen molar-refractivity contribution in [2.45, 2.75) is 25.8 Å². The molecule has 0 saturated carbocycles. The van der Waals surface area contributed by atoms with Gasteiger partial charge in [-0.3, -0.25) is 9.69 Å². The molecule has 0 aliphatic carbocycles. The Kier molecular flexibility index (Phi) is 4.95. The molecule has 2 aromatic rings. The fraction of sp³-hybridized carbons (Fsp3) is 0.353. The number of piperidine rings is 1. The molecule has 0 atom stereocenters. The molecule has 0 unspecified atom stereocenters. The highest BCUT2D eigenvalue weighted by atomic mass is 79.9. The summed E-state index contributed by atoms with van der Waals surface area (Å²) in [6.45, 7) is 3.00. The zero-order chi connectivity index (χ0) is 15.4. The van der Waals surface area contributed by atoms with Crippen molar-refractivity contribution in [1.29, 1.82) is 0 Å². The van der Waals surface area contributed by atoms with Gasteiger partial charge in [-0.2, -0.15) is 0 Å². The van der Waals surface area contributed by atoms with Crippen LogP contribution in [0.5, 0.6) is 0 Å². The number of hydrogen-bond acceptors (Lipinski definition) is 3. The third-order valence-electron chi connectivity index (χ3n) is 3.84. The number of nitrogens with zero attached hydrogens (tertiary/aromatic N) is 1. The predicted octanol–water partition coefficient (Wildman–Crippen LogP) is 4.28. The highest BCUT2D eigenvalue weighted by Crippen LogP contribution is 2.22. The summed E-state index contributed by atoms with van der Waals surface area (Å²) in [6, 6.07) is 11.2. The summed E-state index contributed by atoms with van der Waals surface area (Å²) in [7, 11) is 0. The second kappa shape index (κ2) is 7.11. The van der Waals surface area contributed by atoms with Crippen LogP contribution in [0.3, 0.4) is 0 Å². The summed E-state index contributed by atoms with van der Waals surface area (Å²) in [5, 5.41) is 2.85. The van der Waals surface area contributed by atoms with Gasteiger partial charge < -0.3 is 9.73 Å². The van der Waals surface area contributed by atoms with Gasteiger partial charge in [0.25, 0.3) is 5.91 Å². The van der Waals surface area contributed by atoms with Crippen molar-refractivity contribution in [2.75, 3.05) is 18.4 Å². The van der Waals surface area contributed by atoms with Crippen LogP contribution in [0.4, 0.5) is 5.69 Å². The first kappa shape index (κ1) is 15.3. The van der Waals surface area contributed by atoms with E-state index in [1.165, 1.54) is 19.3 Å². The number of anilines is 1. The molecule has 5 heteroatoms. The van der Waals surface area contributed by atoms with Gasteiger partial charge in [0.15, 0.2) is 5.76 Å². The van der Waals surface area contributed by atoms with Gasteiger partial charge in [0, 0.05) is 4.47 Å². The van der Waals surface area contributed by atoms with Crippen molar-refractivity contribution in [3.63, 3.8) is 0 Å². The SMILES string of the molecule is O=C(Nc1ccccc1Br)c1ccc(CN2CCCCC2)o1. The fourth-order valence-electron chi connectivity index (χ4n) is 2.67. The van der Waals surface area contributed by atoms with E-state index in [4.69, 9.17) is 4.42 Å². The van der Waals surface area contributed by atoms with E-state index in [-0.39, 0.29) is 5.91 Å². The number of carbonyl (C=O) groups excluding carboxylic acids is 1. The van der Waals surface area contributed by atoms with Gasteiger partial charge in [0.05, 0.1) is 12.2 Å². The molecule has 1 fully saturated rings. The van der Waals surface area contributed by atoms with Crippen LogP contribution in [0.25, 0.3) is 0 Å². The van der Waals surface area contributed by atoms with Gasteiger partial charge in [-0.15, -0.1) is 0 Å². The van der Waals surface area contributed by atoms with E-state index < -0.39 is 0 Å². The topological polar surface area (TPSA) is 45.5 Å². The van der Waals surface area contributed by atoms with E-state index in [1.807, 2.05) is 30.3 Å². The smallest absolute Gasteiger partial charge is 0.291 e. The van der Waals surface area contributed by atoms with Gasteiger partial charge in [0.2, 0.25) is 0 Å². The lowest BCUT2D eigenvalue weighted by Crippen LogP contribution is -2.28. The zero-order valence-electron chi connectivity index (χ0n) is 12.3. The number of hydrogen-bond donors (Lipinski definition) is 1. The van der Waals surface area contributed by atoms with Crippen molar-refractivity contribution >= 4 is 27.5 Å². The van der Waals surface area contributed by atoms with Crippen LogP contribution < -0.4 is 5.32 Å². The molecule has 22 heavy (non-hydrogen) atoms. The number of amides is 1. The molecule has 0 spiro atoms. The third kappa shape index (κ3) is 3.78. The Labute approximate surface area is 138 Å². The molecular formula is C17H19BrN2O2. The minimum Gasteiger partial charge on any atom is -0.455 e. The van der Waals surface area contributed by atoms with E-state index in [0.717, 1.165) is 35.6 Å². The summed E-state index contributed by atoms with van der Waals surface area (Å²) in [5.74, 6) is 0.971. The number of benzene rings is 1. The van der Waals surface area contributed by atoms with Crippen molar-refractivity contribution in [3.8, 4) is 0 Å². The first-order valence-corrected chi connectivity index (χ1v) is 8.38. The highest BCUT2D eigenvalue weighted by Gasteiger charge is 2.16. The quantitative estimate of drug-likeness (QED) is 0.882. The minimum atomic E-state index is -0.225. The highest BCUT2D eigenvalue weighted by molar-refractivity contribution is 9.10. The molecule has 1 aliphatic rings. The first-order valence-electron chi connectivity index (χ1n) is 7.59. The van der Waals surface area contributed by atoms with Gasteiger partial charge in [0.1, 0.15) is 5.76 Å². The molecule has 1 aromatic carbocycles. The lowest BCUT2D eigenvalue weighted by atomic mass is 10.1. The van der Waals surface area contributed by atoms with Gasteiger partial charge in [-0.25, -0.2) is 0 Å². The molecular weight excluding hydrogens is 344 g/mol. The lowest BCUT2D eigenvalue weighted by molar-refractivity contribution is 0.0992. The molecule has 1 aliphatic heterocycles. The molecule has 1 saturated heterocycles. The lowest BCUT2D eigenvalue weighted by Gasteiger charge is -2.25. The Balaban J connectivity index is 1.63. The number of para-hydroxylation sites is 1. The number of rotatable bonds is 4. The van der Waals surface area contributed by atoms with Gasteiger partial charge in [-0.05, 0) is 66.1 Å². The Bertz CT molecular complexity index is 648. The number of likely N-dealkylation sites (tertiary alicyclic amines) is 1. The largest absolute Gasteiger partial charge is 0.455 e. The van der Waals surface area contributed by atoms with Crippen LogP contribution in [0.15, 0.2) is 45.3 Å². The maximum absolute atomic E-state index is 12.2. The zero-order valence-corrected chi connectivity index (χ0v) is 13.9. The minimum absolute atomic E-state index is 0.225. The third-order valence-corrected chi connectivity index (χ3v) is 4.53. The van der Waals surface area contributed by atoms with E-state index >= 15 is 0 Å². The van der Waals surface area contributed by atoms with E-state index in [0.29, 0.717) is 5.76 Å². The van der Waals surface area contributed by atoms with Crippen molar-refractivity contribution in [1.82, 2.24) is 4.90 Å². The molecule has 1 aromatic heterocycles. The maximum atomic E-state index is 12.2. The number of furan rings is 1. The summed E-state index contributed by atoms with van der Waals surface area (Å²) in [6.07, 6.45) is 3.81. The fourth-order valence-corrected chi connectivity index (χ4v) is 3.05.